The number of hydrogen-bond donors (Lipinski definition) is 0. The third-order valence-electron chi connectivity index (χ3n) is 3.31. The number of hydrogen-bond acceptors (Lipinski definition) is 4. The van der Waals surface area contributed by atoms with Crippen LogP contribution in [0.2, 0.25) is 0 Å². The van der Waals surface area contributed by atoms with Crippen LogP contribution in [0.1, 0.15) is 5.82 Å². The van der Waals surface area contributed by atoms with Gasteiger partial charge in [0.05, 0.1) is 12.8 Å². The summed E-state index contributed by atoms with van der Waals surface area (Å²) in [5, 5.41) is 4.55. The van der Waals surface area contributed by atoms with Crippen molar-refractivity contribution < 1.29 is 9.53 Å². The number of carbonyl (C=O) groups excluding carboxylic acids is 1. The average molecular weight is 372 g/mol. The molecule has 2 aromatic carbocycles. The van der Waals surface area contributed by atoms with Gasteiger partial charge in [-0.25, -0.2) is 9.67 Å². The van der Waals surface area contributed by atoms with E-state index in [0.717, 1.165) is 15.7 Å². The van der Waals surface area contributed by atoms with Crippen LogP contribution in [-0.4, -0.2) is 27.8 Å². The number of carbonyl (C=O) groups is 1. The number of esters is 1. The lowest BCUT2D eigenvalue weighted by atomic mass is 10.2. The van der Waals surface area contributed by atoms with E-state index in [9.17, 15) is 4.79 Å². The summed E-state index contributed by atoms with van der Waals surface area (Å²) < 4.78 is 7.41. The maximum atomic E-state index is 11.6. The number of aromatic nitrogens is 3. The third-order valence-corrected chi connectivity index (χ3v) is 3.84. The van der Waals surface area contributed by atoms with Gasteiger partial charge in [-0.2, -0.15) is 0 Å². The maximum absolute atomic E-state index is 11.6. The number of halogens is 1. The van der Waals surface area contributed by atoms with Crippen molar-refractivity contribution in [3.05, 3.63) is 64.9 Å². The van der Waals surface area contributed by atoms with Crippen LogP contribution in [0.5, 0.6) is 0 Å². The van der Waals surface area contributed by atoms with E-state index in [1.165, 1.54) is 7.11 Å². The summed E-state index contributed by atoms with van der Waals surface area (Å²) in [6, 6.07) is 17.3. The second-order valence-electron chi connectivity index (χ2n) is 4.86. The van der Waals surface area contributed by atoms with Crippen molar-refractivity contribution in [2.45, 2.75) is 6.42 Å². The zero-order chi connectivity index (χ0) is 16.2. The number of para-hydroxylation sites is 1. The molecule has 0 N–H and O–H groups in total. The highest BCUT2D eigenvalue weighted by Gasteiger charge is 2.16. The predicted octanol–water partition coefficient (Wildman–Crippen LogP) is 3.41. The molecule has 6 heteroatoms. The first-order valence-corrected chi connectivity index (χ1v) is 7.81. The van der Waals surface area contributed by atoms with Crippen LogP contribution in [0.25, 0.3) is 17.1 Å². The van der Waals surface area contributed by atoms with Crippen LogP contribution < -0.4 is 0 Å². The Labute approximate surface area is 142 Å². The largest absolute Gasteiger partial charge is 0.469 e. The van der Waals surface area contributed by atoms with Gasteiger partial charge in [0.2, 0.25) is 0 Å². The van der Waals surface area contributed by atoms with E-state index in [1.54, 1.807) is 4.68 Å². The lowest BCUT2D eigenvalue weighted by Gasteiger charge is -2.04. The zero-order valence-corrected chi connectivity index (χ0v) is 14.0. The molecule has 116 valence electrons. The van der Waals surface area contributed by atoms with Gasteiger partial charge in [-0.05, 0) is 24.3 Å². The van der Waals surface area contributed by atoms with Crippen molar-refractivity contribution in [1.82, 2.24) is 14.8 Å². The molecule has 0 radical (unpaired) electrons. The van der Waals surface area contributed by atoms with Gasteiger partial charge in [0, 0.05) is 10.0 Å². The van der Waals surface area contributed by atoms with Gasteiger partial charge < -0.3 is 4.74 Å². The Balaban J connectivity index is 2.06. The molecule has 0 amide bonds. The third kappa shape index (κ3) is 3.48. The molecule has 1 aromatic heterocycles. The lowest BCUT2D eigenvalue weighted by molar-refractivity contribution is -0.139. The molecule has 0 aliphatic carbocycles. The molecule has 1 heterocycles. The number of ether oxygens (including phenoxy) is 1. The van der Waals surface area contributed by atoms with Gasteiger partial charge in [-0.15, -0.1) is 5.10 Å². The molecule has 0 aliphatic heterocycles. The van der Waals surface area contributed by atoms with Gasteiger partial charge in [0.25, 0.3) is 0 Å². The molecule has 3 rings (SSSR count). The maximum Gasteiger partial charge on any atom is 0.313 e. The van der Waals surface area contributed by atoms with Gasteiger partial charge in [-0.1, -0.05) is 46.3 Å². The van der Waals surface area contributed by atoms with Crippen LogP contribution in [0.15, 0.2) is 59.1 Å². The molecular weight excluding hydrogens is 358 g/mol. The highest BCUT2D eigenvalue weighted by atomic mass is 79.9. The zero-order valence-electron chi connectivity index (χ0n) is 12.4. The van der Waals surface area contributed by atoms with Crippen molar-refractivity contribution in [3.63, 3.8) is 0 Å². The van der Waals surface area contributed by atoms with Crippen LogP contribution >= 0.6 is 15.9 Å². The quantitative estimate of drug-likeness (QED) is 0.659. The molecule has 3 aromatic rings. The van der Waals surface area contributed by atoms with Gasteiger partial charge in [0.15, 0.2) is 5.82 Å². The van der Waals surface area contributed by atoms with E-state index < -0.39 is 0 Å². The van der Waals surface area contributed by atoms with E-state index in [-0.39, 0.29) is 12.4 Å². The Morgan fingerprint density at radius 3 is 2.48 bits per heavy atom. The summed E-state index contributed by atoms with van der Waals surface area (Å²) in [6.07, 6.45) is 0.0644. The van der Waals surface area contributed by atoms with E-state index in [0.29, 0.717) is 11.6 Å². The molecule has 0 aliphatic rings. The fraction of sp³-hybridized carbons (Fsp3) is 0.118. The fourth-order valence-electron chi connectivity index (χ4n) is 2.16. The van der Waals surface area contributed by atoms with Crippen molar-refractivity contribution in [1.29, 1.82) is 0 Å². The van der Waals surface area contributed by atoms with E-state index in [2.05, 4.69) is 26.0 Å². The summed E-state index contributed by atoms with van der Waals surface area (Å²) in [6.45, 7) is 0. The number of benzene rings is 2. The van der Waals surface area contributed by atoms with Crippen molar-refractivity contribution in [2.75, 3.05) is 7.11 Å². The molecule has 0 fully saturated rings. The highest BCUT2D eigenvalue weighted by Crippen LogP contribution is 2.21. The van der Waals surface area contributed by atoms with Crippen LogP contribution in [-0.2, 0) is 16.0 Å². The minimum atomic E-state index is -0.350. The second-order valence-corrected chi connectivity index (χ2v) is 5.77. The summed E-state index contributed by atoms with van der Waals surface area (Å²) in [7, 11) is 1.36. The van der Waals surface area contributed by atoms with E-state index in [4.69, 9.17) is 4.74 Å². The number of methoxy groups -OCH3 is 1. The van der Waals surface area contributed by atoms with Crippen LogP contribution in [0, 0.1) is 0 Å². The second kappa shape index (κ2) is 6.75. The average Bonchev–Trinajstić information content (AvgIpc) is 3.00. The van der Waals surface area contributed by atoms with Crippen molar-refractivity contribution in [3.8, 4) is 17.1 Å². The van der Waals surface area contributed by atoms with Crippen molar-refractivity contribution in [2.24, 2.45) is 0 Å². The van der Waals surface area contributed by atoms with E-state index in [1.807, 2.05) is 54.6 Å². The van der Waals surface area contributed by atoms with Gasteiger partial charge in [0.1, 0.15) is 12.2 Å². The van der Waals surface area contributed by atoms with Crippen LogP contribution in [0.4, 0.5) is 0 Å². The summed E-state index contributed by atoms with van der Waals surface area (Å²) >= 11 is 3.41. The summed E-state index contributed by atoms with van der Waals surface area (Å²) in [5.74, 6) is 0.762. The van der Waals surface area contributed by atoms with Crippen molar-refractivity contribution >= 4 is 21.9 Å². The topological polar surface area (TPSA) is 57.0 Å². The highest BCUT2D eigenvalue weighted by molar-refractivity contribution is 9.10. The molecule has 0 atom stereocenters. The van der Waals surface area contributed by atoms with Gasteiger partial charge >= 0.3 is 5.97 Å². The molecule has 0 bridgehead atoms. The first-order chi connectivity index (χ1) is 11.2. The molecule has 0 saturated carbocycles. The SMILES string of the molecule is COC(=O)Cc1nc(-c2ccc(Br)cc2)nn1-c1ccccc1. The Hall–Kier alpha value is -2.47. The van der Waals surface area contributed by atoms with Crippen LogP contribution in [0.3, 0.4) is 0 Å². The fourth-order valence-corrected chi connectivity index (χ4v) is 2.42. The molecule has 5 nitrogen and oxygen atoms in total. The number of rotatable bonds is 4. The predicted molar refractivity (Wildman–Crippen MR) is 90.2 cm³/mol. The van der Waals surface area contributed by atoms with Gasteiger partial charge in [-0.3, -0.25) is 4.79 Å². The normalized spacial score (nSPS) is 10.5. The lowest BCUT2D eigenvalue weighted by Crippen LogP contribution is -2.11. The number of nitrogens with zero attached hydrogens (tertiary/aromatic N) is 3. The smallest absolute Gasteiger partial charge is 0.313 e. The molecule has 0 unspecified atom stereocenters. The minimum Gasteiger partial charge on any atom is -0.469 e. The Bertz CT molecular complexity index is 814. The minimum absolute atomic E-state index is 0.0644. The Morgan fingerprint density at radius 2 is 1.83 bits per heavy atom. The Morgan fingerprint density at radius 1 is 1.13 bits per heavy atom. The first kappa shape index (κ1) is 15.4. The summed E-state index contributed by atoms with van der Waals surface area (Å²) in [4.78, 5) is 16.2. The molecule has 0 saturated heterocycles. The molecule has 0 spiro atoms. The Kier molecular flexibility index (Phi) is 4.52. The first-order valence-electron chi connectivity index (χ1n) is 7.01. The standard InChI is InChI=1S/C17H14BrN3O2/c1-23-16(22)11-15-19-17(12-7-9-13(18)10-8-12)20-21(15)14-5-3-2-4-6-14/h2-10H,11H2,1H3. The summed E-state index contributed by atoms with van der Waals surface area (Å²) in [5.41, 5.74) is 1.73. The molecular formula is C17H14BrN3O2. The molecule has 23 heavy (non-hydrogen) atoms. The van der Waals surface area contributed by atoms with E-state index >= 15 is 0 Å². The monoisotopic (exact) mass is 371 g/mol.